The molecule has 1 atom stereocenters. The maximum absolute atomic E-state index is 12.9. The van der Waals surface area contributed by atoms with E-state index in [1.54, 1.807) is 0 Å². The van der Waals surface area contributed by atoms with Gasteiger partial charge in [-0.25, -0.2) is 0 Å². The number of unbranched alkanes of at least 4 members (excludes halogenated alkanes) is 43. The fourth-order valence-corrected chi connectivity index (χ4v) is 9.87. The van der Waals surface area contributed by atoms with E-state index in [1.807, 2.05) is 0 Å². The topological polar surface area (TPSA) is 61.8 Å². The summed E-state index contributed by atoms with van der Waals surface area (Å²) in [4.78, 5) is 25.7. The molecular formula is C69H128O5. The van der Waals surface area contributed by atoms with Crippen LogP contribution in [-0.2, 0) is 23.8 Å². The summed E-state index contributed by atoms with van der Waals surface area (Å²) in [6.45, 7) is 7.84. The molecule has 5 heteroatoms. The molecule has 0 aromatic rings. The molecule has 0 saturated carbocycles. The fourth-order valence-electron chi connectivity index (χ4n) is 9.87. The molecule has 5 nitrogen and oxygen atoms in total. The Labute approximate surface area is 462 Å². The van der Waals surface area contributed by atoms with Gasteiger partial charge in [0.05, 0.1) is 6.61 Å². The highest BCUT2D eigenvalue weighted by molar-refractivity contribution is 5.70. The van der Waals surface area contributed by atoms with Crippen molar-refractivity contribution in [1.82, 2.24) is 0 Å². The third-order valence-electron chi connectivity index (χ3n) is 14.8. The van der Waals surface area contributed by atoms with Gasteiger partial charge in [-0.1, -0.05) is 307 Å². The summed E-state index contributed by atoms with van der Waals surface area (Å²) in [6, 6.07) is 0. The van der Waals surface area contributed by atoms with Crippen molar-refractivity contribution in [3.8, 4) is 0 Å². The normalized spacial score (nSPS) is 12.4. The maximum atomic E-state index is 12.9. The van der Waals surface area contributed by atoms with Gasteiger partial charge >= 0.3 is 11.9 Å². The van der Waals surface area contributed by atoms with Gasteiger partial charge in [0, 0.05) is 19.4 Å². The van der Waals surface area contributed by atoms with Gasteiger partial charge in [0.2, 0.25) is 0 Å². The van der Waals surface area contributed by atoms with E-state index in [0.29, 0.717) is 19.4 Å². The molecule has 0 aliphatic rings. The Morgan fingerprint density at radius 2 is 0.568 bits per heavy atom. The number of esters is 2. The Bertz CT molecular complexity index is 1220. The molecule has 0 saturated heterocycles. The molecule has 0 aliphatic heterocycles. The van der Waals surface area contributed by atoms with Gasteiger partial charge < -0.3 is 14.2 Å². The number of ether oxygens (including phenoxy) is 3. The zero-order valence-electron chi connectivity index (χ0n) is 50.1. The van der Waals surface area contributed by atoms with Crippen molar-refractivity contribution in [1.29, 1.82) is 0 Å². The second-order valence-corrected chi connectivity index (χ2v) is 22.4. The summed E-state index contributed by atoms with van der Waals surface area (Å²) in [5.41, 5.74) is 0. The molecule has 0 rings (SSSR count). The van der Waals surface area contributed by atoms with Crippen LogP contribution in [0.15, 0.2) is 48.6 Å². The summed E-state index contributed by atoms with van der Waals surface area (Å²) < 4.78 is 17.6. The van der Waals surface area contributed by atoms with Crippen molar-refractivity contribution in [2.24, 2.45) is 0 Å². The lowest BCUT2D eigenvalue weighted by Crippen LogP contribution is -2.30. The summed E-state index contributed by atoms with van der Waals surface area (Å²) in [7, 11) is 0. The Morgan fingerprint density at radius 3 is 0.919 bits per heavy atom. The smallest absolute Gasteiger partial charge is 0.306 e. The molecule has 0 bridgehead atoms. The van der Waals surface area contributed by atoms with Crippen LogP contribution in [0, 0.1) is 0 Å². The van der Waals surface area contributed by atoms with Crippen molar-refractivity contribution in [2.45, 2.75) is 361 Å². The average Bonchev–Trinajstić information content (AvgIpc) is 3.40. The lowest BCUT2D eigenvalue weighted by atomic mass is 10.0. The molecule has 0 N–H and O–H groups in total. The molecular weight excluding hydrogens is 909 g/mol. The molecule has 0 radical (unpaired) electrons. The number of carbonyl (C=O) groups excluding carboxylic acids is 2. The number of hydrogen-bond acceptors (Lipinski definition) is 5. The zero-order valence-corrected chi connectivity index (χ0v) is 50.1. The minimum Gasteiger partial charge on any atom is -0.462 e. The molecule has 0 aromatic carbocycles. The predicted octanol–water partition coefficient (Wildman–Crippen LogP) is 23.0. The second-order valence-electron chi connectivity index (χ2n) is 22.4. The molecule has 0 aliphatic carbocycles. The standard InChI is InChI=1S/C69H128O5/c1-4-7-10-13-16-19-22-25-28-31-34-37-40-43-46-49-52-55-58-61-64-72-65-67(74-69(71)63-60-57-54-51-48-45-42-39-36-33-30-27-24-21-18-15-12-9-6-3)66-73-68(70)62-59-56-53-50-47-44-41-38-35-32-29-26-23-20-17-14-11-8-5-2/h16-17,19-20,25-26,28-29,67H,4-15,18,21-24,27,30-66H2,1-3H3/b19-16-,20-17-,28-25-,29-26-. The summed E-state index contributed by atoms with van der Waals surface area (Å²) in [6.07, 6.45) is 82.9. The predicted molar refractivity (Wildman–Crippen MR) is 325 cm³/mol. The lowest BCUT2D eigenvalue weighted by Gasteiger charge is -2.18. The molecule has 0 amide bonds. The van der Waals surface area contributed by atoms with Gasteiger partial charge in [0.1, 0.15) is 6.61 Å². The molecule has 74 heavy (non-hydrogen) atoms. The molecule has 0 heterocycles. The van der Waals surface area contributed by atoms with Gasteiger partial charge in [-0.3, -0.25) is 9.59 Å². The molecule has 0 fully saturated rings. The fraction of sp³-hybridized carbons (Fsp3) is 0.855. The van der Waals surface area contributed by atoms with E-state index in [4.69, 9.17) is 14.2 Å². The summed E-state index contributed by atoms with van der Waals surface area (Å²) >= 11 is 0. The van der Waals surface area contributed by atoms with Crippen LogP contribution in [0.1, 0.15) is 355 Å². The van der Waals surface area contributed by atoms with Crippen LogP contribution in [0.5, 0.6) is 0 Å². The van der Waals surface area contributed by atoms with E-state index in [-0.39, 0.29) is 25.2 Å². The van der Waals surface area contributed by atoms with Crippen molar-refractivity contribution in [3.05, 3.63) is 48.6 Å². The average molecular weight is 1040 g/mol. The van der Waals surface area contributed by atoms with Gasteiger partial charge in [0.15, 0.2) is 6.10 Å². The third kappa shape index (κ3) is 62.4. The Morgan fingerprint density at radius 1 is 0.297 bits per heavy atom. The van der Waals surface area contributed by atoms with Crippen LogP contribution in [-0.4, -0.2) is 37.9 Å². The van der Waals surface area contributed by atoms with Crippen molar-refractivity contribution < 1.29 is 23.8 Å². The highest BCUT2D eigenvalue weighted by Crippen LogP contribution is 2.17. The van der Waals surface area contributed by atoms with Gasteiger partial charge in [0.25, 0.3) is 0 Å². The van der Waals surface area contributed by atoms with Gasteiger partial charge in [-0.05, 0) is 83.5 Å². The van der Waals surface area contributed by atoms with Crippen LogP contribution >= 0.6 is 0 Å². The van der Waals surface area contributed by atoms with Crippen LogP contribution in [0.3, 0.4) is 0 Å². The summed E-state index contributed by atoms with van der Waals surface area (Å²) in [5.74, 6) is -0.380. The van der Waals surface area contributed by atoms with Crippen LogP contribution in [0.25, 0.3) is 0 Å². The van der Waals surface area contributed by atoms with Crippen molar-refractivity contribution in [2.75, 3.05) is 19.8 Å². The van der Waals surface area contributed by atoms with Gasteiger partial charge in [-0.15, -0.1) is 0 Å². The molecule has 434 valence electrons. The SMILES string of the molecule is CCCCC/C=C\C/C=C\CCCCCCCCCCCCOCC(COC(=O)CCCCCCCCCCC/C=C\C/C=C\CCCCC)OC(=O)CCCCCCCCCCCCCCCCCCCCC. The van der Waals surface area contributed by atoms with Crippen LogP contribution in [0.2, 0.25) is 0 Å². The Kier molecular flexibility index (Phi) is 63.3. The zero-order chi connectivity index (χ0) is 53.4. The Balaban J connectivity index is 4.25. The second kappa shape index (κ2) is 65.1. The molecule has 0 spiro atoms. The van der Waals surface area contributed by atoms with E-state index in [1.165, 1.54) is 270 Å². The monoisotopic (exact) mass is 1040 g/mol. The first kappa shape index (κ1) is 71.9. The maximum Gasteiger partial charge on any atom is 0.306 e. The summed E-state index contributed by atoms with van der Waals surface area (Å²) in [5, 5.41) is 0. The Hall–Kier alpha value is -2.14. The van der Waals surface area contributed by atoms with E-state index in [9.17, 15) is 9.59 Å². The van der Waals surface area contributed by atoms with Crippen LogP contribution in [0.4, 0.5) is 0 Å². The van der Waals surface area contributed by atoms with E-state index >= 15 is 0 Å². The van der Waals surface area contributed by atoms with E-state index in [2.05, 4.69) is 69.4 Å². The number of hydrogen-bond donors (Lipinski definition) is 0. The first-order valence-corrected chi connectivity index (χ1v) is 33.2. The van der Waals surface area contributed by atoms with E-state index < -0.39 is 6.10 Å². The van der Waals surface area contributed by atoms with Gasteiger partial charge in [-0.2, -0.15) is 0 Å². The minimum absolute atomic E-state index is 0.0866. The molecule has 1 unspecified atom stereocenters. The number of allylic oxidation sites excluding steroid dienone is 8. The quantitative estimate of drug-likeness (QED) is 0.0345. The molecule has 0 aromatic heterocycles. The number of carbonyl (C=O) groups is 2. The van der Waals surface area contributed by atoms with Crippen LogP contribution < -0.4 is 0 Å². The lowest BCUT2D eigenvalue weighted by molar-refractivity contribution is -0.163. The van der Waals surface area contributed by atoms with E-state index in [0.717, 1.165) is 51.4 Å². The first-order chi connectivity index (χ1) is 36.6. The minimum atomic E-state index is -0.539. The third-order valence-corrected chi connectivity index (χ3v) is 14.8. The van der Waals surface area contributed by atoms with Crippen molar-refractivity contribution in [3.63, 3.8) is 0 Å². The number of rotatable bonds is 62. The highest BCUT2D eigenvalue weighted by atomic mass is 16.6. The largest absolute Gasteiger partial charge is 0.462 e. The first-order valence-electron chi connectivity index (χ1n) is 33.2. The highest BCUT2D eigenvalue weighted by Gasteiger charge is 2.18. The van der Waals surface area contributed by atoms with Crippen molar-refractivity contribution >= 4 is 11.9 Å².